The lowest BCUT2D eigenvalue weighted by Gasteiger charge is -2.36. The van der Waals surface area contributed by atoms with Gasteiger partial charge in [-0.2, -0.15) is 5.10 Å². The number of hydrogen-bond acceptors (Lipinski definition) is 3. The number of amides is 1. The Morgan fingerprint density at radius 2 is 2.08 bits per heavy atom. The van der Waals surface area contributed by atoms with Gasteiger partial charge in [-0.3, -0.25) is 9.48 Å². The van der Waals surface area contributed by atoms with E-state index in [-0.39, 0.29) is 5.91 Å². The average Bonchev–Trinajstić information content (AvgIpc) is 2.79. The molecule has 5 nitrogen and oxygen atoms in total. The van der Waals surface area contributed by atoms with E-state index in [0.29, 0.717) is 29.4 Å². The zero-order valence-corrected chi connectivity index (χ0v) is 14.7. The molecule has 1 aliphatic carbocycles. The van der Waals surface area contributed by atoms with Gasteiger partial charge in [0.2, 0.25) is 0 Å². The van der Waals surface area contributed by atoms with Crippen molar-refractivity contribution < 1.29 is 9.90 Å². The van der Waals surface area contributed by atoms with Crippen molar-refractivity contribution in [3.63, 3.8) is 0 Å². The summed E-state index contributed by atoms with van der Waals surface area (Å²) in [5.41, 5.74) is 2.28. The van der Waals surface area contributed by atoms with E-state index < -0.39 is 5.60 Å². The molecule has 1 heterocycles. The van der Waals surface area contributed by atoms with Gasteiger partial charge in [0.05, 0.1) is 23.4 Å². The fourth-order valence-corrected chi connectivity index (χ4v) is 3.26. The van der Waals surface area contributed by atoms with Crippen LogP contribution < -0.4 is 5.32 Å². The first-order valence-electron chi connectivity index (χ1n) is 8.18. The number of aliphatic hydroxyl groups is 1. The Morgan fingerprint density at radius 3 is 2.71 bits per heavy atom. The van der Waals surface area contributed by atoms with Crippen LogP contribution in [0.3, 0.4) is 0 Å². The van der Waals surface area contributed by atoms with E-state index in [1.54, 1.807) is 4.68 Å². The second kappa shape index (κ2) is 6.57. The van der Waals surface area contributed by atoms with Crippen molar-refractivity contribution >= 4 is 17.5 Å². The third-order valence-electron chi connectivity index (χ3n) is 4.75. The minimum Gasteiger partial charge on any atom is -0.388 e. The highest BCUT2D eigenvalue weighted by molar-refractivity contribution is 6.31. The smallest absolute Gasteiger partial charge is 0.255 e. The number of rotatable bonds is 5. The summed E-state index contributed by atoms with van der Waals surface area (Å²) in [5.74, 6) is -0.185. The molecule has 2 N–H and O–H groups in total. The summed E-state index contributed by atoms with van der Waals surface area (Å²) >= 11 is 6.21. The van der Waals surface area contributed by atoms with Crippen molar-refractivity contribution in [2.24, 2.45) is 0 Å². The first-order valence-corrected chi connectivity index (χ1v) is 8.55. The number of aryl methyl sites for hydroxylation is 1. The predicted molar refractivity (Wildman–Crippen MR) is 93.4 cm³/mol. The van der Waals surface area contributed by atoms with E-state index in [1.807, 2.05) is 38.1 Å². The van der Waals surface area contributed by atoms with Gasteiger partial charge < -0.3 is 10.4 Å². The summed E-state index contributed by atoms with van der Waals surface area (Å²) in [6, 6.07) is 7.61. The summed E-state index contributed by atoms with van der Waals surface area (Å²) in [7, 11) is 0. The predicted octanol–water partition coefficient (Wildman–Crippen LogP) is 2.85. The topological polar surface area (TPSA) is 67.2 Å². The standard InChI is InChI=1S/C18H22ClN3O2/c1-12-16(17(23)20-11-18(24)8-5-9-18)13(2)22(21-12)10-14-6-3-4-7-15(14)19/h3-4,6-7,24H,5,8-11H2,1-2H3,(H,20,23). The van der Waals surface area contributed by atoms with Gasteiger partial charge in [-0.1, -0.05) is 29.8 Å². The maximum atomic E-state index is 12.5. The molecule has 1 aliphatic rings. The lowest BCUT2D eigenvalue weighted by atomic mass is 9.80. The Bertz CT molecular complexity index is 766. The van der Waals surface area contributed by atoms with Crippen LogP contribution in [0.25, 0.3) is 0 Å². The van der Waals surface area contributed by atoms with Crippen LogP contribution in [-0.2, 0) is 6.54 Å². The lowest BCUT2D eigenvalue weighted by Crippen LogP contribution is -2.47. The number of nitrogens with zero attached hydrogens (tertiary/aromatic N) is 2. The number of hydrogen-bond donors (Lipinski definition) is 2. The largest absolute Gasteiger partial charge is 0.388 e. The highest BCUT2D eigenvalue weighted by atomic mass is 35.5. The molecule has 1 fully saturated rings. The van der Waals surface area contributed by atoms with E-state index in [2.05, 4.69) is 10.4 Å². The summed E-state index contributed by atoms with van der Waals surface area (Å²) < 4.78 is 1.80. The number of benzene rings is 1. The van der Waals surface area contributed by atoms with Crippen molar-refractivity contribution in [2.75, 3.05) is 6.54 Å². The van der Waals surface area contributed by atoms with Crippen molar-refractivity contribution in [2.45, 2.75) is 45.3 Å². The van der Waals surface area contributed by atoms with Gasteiger partial charge in [-0.15, -0.1) is 0 Å². The van der Waals surface area contributed by atoms with Gasteiger partial charge in [-0.25, -0.2) is 0 Å². The SMILES string of the molecule is Cc1nn(Cc2ccccc2Cl)c(C)c1C(=O)NCC1(O)CCC1. The van der Waals surface area contributed by atoms with Crippen molar-refractivity contribution in [3.8, 4) is 0 Å². The molecule has 0 bridgehead atoms. The monoisotopic (exact) mass is 347 g/mol. The molecule has 1 saturated carbocycles. The molecule has 0 saturated heterocycles. The van der Waals surface area contributed by atoms with Gasteiger partial charge in [0.1, 0.15) is 0 Å². The maximum absolute atomic E-state index is 12.5. The van der Waals surface area contributed by atoms with Crippen molar-refractivity contribution in [1.29, 1.82) is 0 Å². The summed E-state index contributed by atoms with van der Waals surface area (Å²) in [6.07, 6.45) is 2.51. The van der Waals surface area contributed by atoms with E-state index in [1.165, 1.54) is 0 Å². The van der Waals surface area contributed by atoms with E-state index >= 15 is 0 Å². The number of carbonyl (C=O) groups excluding carboxylic acids is 1. The number of aromatic nitrogens is 2. The third-order valence-corrected chi connectivity index (χ3v) is 5.12. The molecule has 0 aliphatic heterocycles. The van der Waals surface area contributed by atoms with Crippen LogP contribution in [0.15, 0.2) is 24.3 Å². The molecule has 0 spiro atoms. The van der Waals surface area contributed by atoms with Crippen LogP contribution in [-0.4, -0.2) is 32.9 Å². The van der Waals surface area contributed by atoms with Gasteiger partial charge in [0, 0.05) is 17.3 Å². The third kappa shape index (κ3) is 3.32. The molecule has 3 rings (SSSR count). The zero-order valence-electron chi connectivity index (χ0n) is 14.0. The normalized spacial score (nSPS) is 15.8. The van der Waals surface area contributed by atoms with Crippen LogP contribution in [0, 0.1) is 13.8 Å². The second-order valence-electron chi connectivity index (χ2n) is 6.56. The molecule has 1 amide bonds. The Kier molecular flexibility index (Phi) is 4.65. The molecule has 24 heavy (non-hydrogen) atoms. The minimum atomic E-state index is -0.731. The summed E-state index contributed by atoms with van der Waals surface area (Å²) in [5, 5.41) is 18.1. The van der Waals surface area contributed by atoms with Crippen LogP contribution in [0.4, 0.5) is 0 Å². The van der Waals surface area contributed by atoms with Crippen molar-refractivity contribution in [1.82, 2.24) is 15.1 Å². The molecule has 6 heteroatoms. The molecule has 0 unspecified atom stereocenters. The molecule has 128 valence electrons. The van der Waals surface area contributed by atoms with Crippen LogP contribution in [0.1, 0.15) is 46.6 Å². The second-order valence-corrected chi connectivity index (χ2v) is 6.96. The van der Waals surface area contributed by atoms with Gasteiger partial charge >= 0.3 is 0 Å². The Hall–Kier alpha value is -1.85. The first-order chi connectivity index (χ1) is 11.4. The molecule has 0 radical (unpaired) electrons. The van der Waals surface area contributed by atoms with Crippen LogP contribution in [0.2, 0.25) is 5.02 Å². The fraction of sp³-hybridized carbons (Fsp3) is 0.444. The van der Waals surface area contributed by atoms with Crippen molar-refractivity contribution in [3.05, 3.63) is 51.8 Å². The van der Waals surface area contributed by atoms with Crippen LogP contribution >= 0.6 is 11.6 Å². The summed E-state index contributed by atoms with van der Waals surface area (Å²) in [4.78, 5) is 12.5. The molecule has 2 aromatic rings. The minimum absolute atomic E-state index is 0.185. The highest BCUT2D eigenvalue weighted by Crippen LogP contribution is 2.30. The van der Waals surface area contributed by atoms with E-state index in [0.717, 1.165) is 30.5 Å². The molecular formula is C18H22ClN3O2. The molecule has 0 atom stereocenters. The first kappa shape index (κ1) is 17.0. The number of nitrogens with one attached hydrogen (secondary N) is 1. The fourth-order valence-electron chi connectivity index (χ4n) is 3.06. The van der Waals surface area contributed by atoms with E-state index in [9.17, 15) is 9.90 Å². The highest BCUT2D eigenvalue weighted by Gasteiger charge is 2.35. The quantitative estimate of drug-likeness (QED) is 0.874. The Balaban J connectivity index is 1.76. The molecule has 1 aromatic heterocycles. The lowest BCUT2D eigenvalue weighted by molar-refractivity contribution is -0.0300. The Labute approximate surface area is 146 Å². The summed E-state index contributed by atoms with van der Waals surface area (Å²) in [6.45, 7) is 4.51. The number of carbonyl (C=O) groups is 1. The van der Waals surface area contributed by atoms with E-state index in [4.69, 9.17) is 11.6 Å². The zero-order chi connectivity index (χ0) is 17.3. The molecular weight excluding hydrogens is 326 g/mol. The Morgan fingerprint density at radius 1 is 1.38 bits per heavy atom. The molecule has 1 aromatic carbocycles. The van der Waals surface area contributed by atoms with Gasteiger partial charge in [0.25, 0.3) is 5.91 Å². The van der Waals surface area contributed by atoms with Gasteiger partial charge in [-0.05, 0) is 44.7 Å². The maximum Gasteiger partial charge on any atom is 0.255 e. The van der Waals surface area contributed by atoms with Crippen LogP contribution in [0.5, 0.6) is 0 Å². The van der Waals surface area contributed by atoms with Gasteiger partial charge in [0.15, 0.2) is 0 Å². The average molecular weight is 348 g/mol. The number of halogens is 1.